The van der Waals surface area contributed by atoms with E-state index in [4.69, 9.17) is 10.3 Å². The van der Waals surface area contributed by atoms with E-state index in [1.165, 1.54) is 11.1 Å². The fraction of sp³-hybridized carbons (Fsp3) is 0.417. The van der Waals surface area contributed by atoms with Gasteiger partial charge in [0.15, 0.2) is 0 Å². The van der Waals surface area contributed by atoms with Crippen LogP contribution >= 0.6 is 0 Å². The van der Waals surface area contributed by atoms with Gasteiger partial charge in [0.1, 0.15) is 5.82 Å². The minimum Gasteiger partial charge on any atom is -0.344 e. The molecule has 2 N–H and O–H groups in total. The second-order valence-corrected chi connectivity index (χ2v) is 4.86. The molecule has 106 valence electrons. The molecular weight excluding hydrogens is 268 g/mol. The van der Waals surface area contributed by atoms with E-state index < -0.39 is 5.92 Å². The van der Waals surface area contributed by atoms with Gasteiger partial charge in [0.05, 0.1) is 19.1 Å². The first-order valence-electron chi connectivity index (χ1n) is 6.13. The minimum absolute atomic E-state index is 0.319. The van der Waals surface area contributed by atoms with Gasteiger partial charge in [-0.1, -0.05) is 5.16 Å². The van der Waals surface area contributed by atoms with Gasteiger partial charge in [-0.2, -0.15) is 4.98 Å². The number of hydrogen-bond donors (Lipinski definition) is 1. The van der Waals surface area contributed by atoms with Crippen LogP contribution in [0, 0.1) is 0 Å². The first-order valence-corrected chi connectivity index (χ1v) is 6.13. The molecular formula is C12H13F2N5O. The second kappa shape index (κ2) is 4.48. The topological polar surface area (TPSA) is 81.1 Å². The molecule has 3 rings (SSSR count). The maximum atomic E-state index is 12.9. The summed E-state index contributed by atoms with van der Waals surface area (Å²) < 4.78 is 30.7. The number of aromatic nitrogens is 3. The zero-order valence-electron chi connectivity index (χ0n) is 10.8. The average molecular weight is 281 g/mol. The van der Waals surface area contributed by atoms with E-state index in [0.717, 1.165) is 0 Å². The fourth-order valence-electron chi connectivity index (χ4n) is 1.94. The molecule has 1 aliphatic rings. The molecule has 0 saturated carbocycles. The Morgan fingerprint density at radius 1 is 1.45 bits per heavy atom. The molecule has 1 saturated heterocycles. The molecule has 20 heavy (non-hydrogen) atoms. The molecule has 3 heterocycles. The van der Waals surface area contributed by atoms with E-state index >= 15 is 0 Å². The van der Waals surface area contributed by atoms with E-state index in [0.29, 0.717) is 23.1 Å². The Labute approximate surface area is 113 Å². The lowest BCUT2D eigenvalue weighted by Crippen LogP contribution is -2.56. The van der Waals surface area contributed by atoms with E-state index in [2.05, 4.69) is 15.1 Å². The lowest BCUT2D eigenvalue weighted by atomic mass is 10.1. The van der Waals surface area contributed by atoms with E-state index in [-0.39, 0.29) is 19.1 Å². The van der Waals surface area contributed by atoms with E-state index in [1.807, 2.05) is 0 Å². The smallest absolute Gasteiger partial charge is 0.282 e. The van der Waals surface area contributed by atoms with Crippen molar-refractivity contribution in [2.75, 3.05) is 18.0 Å². The van der Waals surface area contributed by atoms with Crippen LogP contribution in [0.15, 0.2) is 22.9 Å². The van der Waals surface area contributed by atoms with Crippen molar-refractivity contribution in [3.63, 3.8) is 0 Å². The molecule has 0 spiro atoms. The predicted octanol–water partition coefficient (Wildman–Crippen LogP) is 1.61. The average Bonchev–Trinajstić information content (AvgIpc) is 2.86. The second-order valence-electron chi connectivity index (χ2n) is 4.86. The first-order chi connectivity index (χ1) is 9.44. The summed E-state index contributed by atoms with van der Waals surface area (Å²) in [6, 6.07) is 2.99. The van der Waals surface area contributed by atoms with Crippen molar-refractivity contribution in [1.82, 2.24) is 15.1 Å². The Morgan fingerprint density at radius 2 is 2.20 bits per heavy atom. The highest BCUT2D eigenvalue weighted by Crippen LogP contribution is 2.31. The van der Waals surface area contributed by atoms with Gasteiger partial charge in [0, 0.05) is 11.8 Å². The van der Waals surface area contributed by atoms with Crippen molar-refractivity contribution in [3.05, 3.63) is 24.2 Å². The molecule has 0 amide bonds. The van der Waals surface area contributed by atoms with Gasteiger partial charge in [0.25, 0.3) is 5.92 Å². The maximum Gasteiger partial charge on any atom is 0.282 e. The molecule has 2 aromatic rings. The molecule has 1 unspecified atom stereocenters. The zero-order chi connectivity index (χ0) is 14.3. The molecule has 1 atom stereocenters. The quantitative estimate of drug-likeness (QED) is 0.920. The number of halogens is 2. The Balaban J connectivity index is 1.84. The van der Waals surface area contributed by atoms with Crippen LogP contribution in [0.5, 0.6) is 0 Å². The lowest BCUT2D eigenvalue weighted by molar-refractivity contribution is -0.0266. The Hall–Kier alpha value is -2.09. The Kier molecular flexibility index (Phi) is 2.89. The standard InChI is InChI=1S/C12H13F2N5O/c1-7(15)11-17-10(18-20-11)8-2-3-16-9(4-8)19-5-12(13,14)6-19/h2-4,7H,5-6,15H2,1H3. The van der Waals surface area contributed by atoms with Crippen molar-refractivity contribution < 1.29 is 13.3 Å². The summed E-state index contributed by atoms with van der Waals surface area (Å²) in [5.41, 5.74) is 6.30. The minimum atomic E-state index is -2.63. The molecule has 0 aliphatic carbocycles. The van der Waals surface area contributed by atoms with E-state index in [9.17, 15) is 8.78 Å². The SMILES string of the molecule is CC(N)c1nc(-c2ccnc(N3CC(F)(F)C3)c2)no1. The highest BCUT2D eigenvalue weighted by Gasteiger charge is 2.44. The van der Waals surface area contributed by atoms with Gasteiger partial charge >= 0.3 is 0 Å². The molecule has 2 aromatic heterocycles. The third-order valence-corrected chi connectivity index (χ3v) is 3.00. The molecule has 8 heteroatoms. The van der Waals surface area contributed by atoms with Crippen molar-refractivity contribution >= 4 is 5.82 Å². The molecule has 1 aliphatic heterocycles. The molecule has 6 nitrogen and oxygen atoms in total. The third-order valence-electron chi connectivity index (χ3n) is 3.00. The van der Waals surface area contributed by atoms with Crippen LogP contribution in [0.3, 0.4) is 0 Å². The highest BCUT2D eigenvalue weighted by molar-refractivity contribution is 5.60. The third kappa shape index (κ3) is 2.34. The number of alkyl halides is 2. The highest BCUT2D eigenvalue weighted by atomic mass is 19.3. The summed E-state index contributed by atoms with van der Waals surface area (Å²) in [6.07, 6.45) is 1.53. The van der Waals surface area contributed by atoms with Gasteiger partial charge < -0.3 is 15.2 Å². The lowest BCUT2D eigenvalue weighted by Gasteiger charge is -2.39. The van der Waals surface area contributed by atoms with Crippen molar-refractivity contribution in [3.8, 4) is 11.4 Å². The number of nitrogens with zero attached hydrogens (tertiary/aromatic N) is 4. The van der Waals surface area contributed by atoms with Gasteiger partial charge in [-0.05, 0) is 19.1 Å². The monoisotopic (exact) mass is 281 g/mol. The van der Waals surface area contributed by atoms with Gasteiger partial charge in [-0.15, -0.1) is 0 Å². The largest absolute Gasteiger partial charge is 0.344 e. The van der Waals surface area contributed by atoms with Crippen LogP contribution in [-0.4, -0.2) is 34.1 Å². The molecule has 0 bridgehead atoms. The van der Waals surface area contributed by atoms with Crippen LogP contribution < -0.4 is 10.6 Å². The number of pyridine rings is 1. The van der Waals surface area contributed by atoms with Crippen LogP contribution in [0.2, 0.25) is 0 Å². The zero-order valence-corrected chi connectivity index (χ0v) is 10.8. The summed E-state index contributed by atoms with van der Waals surface area (Å²) >= 11 is 0. The maximum absolute atomic E-state index is 12.9. The van der Waals surface area contributed by atoms with Crippen LogP contribution in [0.1, 0.15) is 18.9 Å². The van der Waals surface area contributed by atoms with Crippen molar-refractivity contribution in [1.29, 1.82) is 0 Å². The summed E-state index contributed by atoms with van der Waals surface area (Å²) in [4.78, 5) is 9.73. The molecule has 1 fully saturated rings. The molecule has 0 aromatic carbocycles. The number of anilines is 1. The summed E-state index contributed by atoms with van der Waals surface area (Å²) in [5.74, 6) is -1.46. The van der Waals surface area contributed by atoms with Crippen molar-refractivity contribution in [2.24, 2.45) is 5.73 Å². The number of rotatable bonds is 3. The summed E-state index contributed by atoms with van der Waals surface area (Å²) in [5, 5.41) is 3.82. The van der Waals surface area contributed by atoms with Gasteiger partial charge in [-0.25, -0.2) is 13.8 Å². The normalized spacial score (nSPS) is 18.7. The van der Waals surface area contributed by atoms with Crippen LogP contribution in [0.4, 0.5) is 14.6 Å². The summed E-state index contributed by atoms with van der Waals surface area (Å²) in [6.45, 7) is 1.10. The van der Waals surface area contributed by atoms with Crippen molar-refractivity contribution in [2.45, 2.75) is 18.9 Å². The van der Waals surface area contributed by atoms with Crippen LogP contribution in [-0.2, 0) is 0 Å². The first kappa shape index (κ1) is 12.9. The van der Waals surface area contributed by atoms with Gasteiger partial charge in [0.2, 0.25) is 11.7 Å². The summed E-state index contributed by atoms with van der Waals surface area (Å²) in [7, 11) is 0. The number of hydrogen-bond acceptors (Lipinski definition) is 6. The Bertz CT molecular complexity index is 620. The van der Waals surface area contributed by atoms with Gasteiger partial charge in [-0.3, -0.25) is 0 Å². The predicted molar refractivity (Wildman–Crippen MR) is 67.3 cm³/mol. The molecule has 0 radical (unpaired) electrons. The Morgan fingerprint density at radius 3 is 2.80 bits per heavy atom. The fourth-order valence-corrected chi connectivity index (χ4v) is 1.94. The van der Waals surface area contributed by atoms with Crippen LogP contribution in [0.25, 0.3) is 11.4 Å². The van der Waals surface area contributed by atoms with E-state index in [1.54, 1.807) is 19.1 Å². The number of nitrogens with two attached hydrogens (primary N) is 1.